The van der Waals surface area contributed by atoms with Crippen LogP contribution in [0.5, 0.6) is 0 Å². The van der Waals surface area contributed by atoms with Gasteiger partial charge in [-0.05, 0) is 49.3 Å². The van der Waals surface area contributed by atoms with Crippen molar-refractivity contribution in [1.29, 1.82) is 0 Å². The molecule has 104 valence electrons. The first-order valence-electron chi connectivity index (χ1n) is 6.91. The van der Waals surface area contributed by atoms with E-state index in [0.717, 1.165) is 18.5 Å². The molecule has 1 aliphatic carbocycles. The molecular formula is C15H23N3O. The van der Waals surface area contributed by atoms with Crippen LogP contribution in [0.3, 0.4) is 0 Å². The third-order valence-electron chi connectivity index (χ3n) is 3.85. The molecule has 4 heteroatoms. The Balaban J connectivity index is 2.18. The number of primary amides is 1. The van der Waals surface area contributed by atoms with Crippen LogP contribution in [0.4, 0.5) is 11.4 Å². The lowest BCUT2D eigenvalue weighted by molar-refractivity contribution is 0.100. The predicted molar refractivity (Wildman–Crippen MR) is 79.0 cm³/mol. The van der Waals surface area contributed by atoms with Crippen LogP contribution in [0.1, 0.15) is 43.5 Å². The fourth-order valence-corrected chi connectivity index (χ4v) is 3.18. The summed E-state index contributed by atoms with van der Waals surface area (Å²) in [6, 6.07) is 5.58. The van der Waals surface area contributed by atoms with Gasteiger partial charge in [-0.15, -0.1) is 0 Å². The molecule has 5 N–H and O–H groups in total. The molecular weight excluding hydrogens is 238 g/mol. The highest BCUT2D eigenvalue weighted by Crippen LogP contribution is 2.31. The van der Waals surface area contributed by atoms with Gasteiger partial charge in [0.1, 0.15) is 0 Å². The molecule has 0 heterocycles. The molecule has 1 amide bonds. The summed E-state index contributed by atoms with van der Waals surface area (Å²) < 4.78 is 0. The third-order valence-corrected chi connectivity index (χ3v) is 3.85. The molecule has 0 bridgehead atoms. The summed E-state index contributed by atoms with van der Waals surface area (Å²) in [5, 5.41) is 3.45. The Labute approximate surface area is 114 Å². The molecule has 1 aliphatic rings. The molecule has 1 fully saturated rings. The Hall–Kier alpha value is -1.71. The van der Waals surface area contributed by atoms with Crippen LogP contribution in [0.25, 0.3) is 0 Å². The maximum absolute atomic E-state index is 11.4. The van der Waals surface area contributed by atoms with Crippen molar-refractivity contribution in [2.75, 3.05) is 11.1 Å². The van der Waals surface area contributed by atoms with Crippen LogP contribution < -0.4 is 16.8 Å². The van der Waals surface area contributed by atoms with Crippen molar-refractivity contribution in [3.05, 3.63) is 23.8 Å². The van der Waals surface area contributed by atoms with Gasteiger partial charge >= 0.3 is 0 Å². The summed E-state index contributed by atoms with van der Waals surface area (Å²) in [5.41, 5.74) is 13.1. The number of hydrogen-bond donors (Lipinski definition) is 3. The van der Waals surface area contributed by atoms with Crippen molar-refractivity contribution in [1.82, 2.24) is 0 Å². The van der Waals surface area contributed by atoms with E-state index < -0.39 is 5.91 Å². The molecule has 19 heavy (non-hydrogen) atoms. The topological polar surface area (TPSA) is 81.1 Å². The number of benzene rings is 1. The Kier molecular flexibility index (Phi) is 3.98. The predicted octanol–water partition coefficient (Wildman–Crippen LogP) is 2.60. The third kappa shape index (κ3) is 3.40. The Morgan fingerprint density at radius 3 is 2.42 bits per heavy atom. The molecule has 0 aromatic heterocycles. The van der Waals surface area contributed by atoms with Gasteiger partial charge in [-0.2, -0.15) is 0 Å². The second kappa shape index (κ2) is 5.51. The summed E-state index contributed by atoms with van der Waals surface area (Å²) in [4.78, 5) is 11.4. The molecule has 2 atom stereocenters. The van der Waals surface area contributed by atoms with Crippen molar-refractivity contribution >= 4 is 17.3 Å². The first-order chi connectivity index (χ1) is 8.95. The van der Waals surface area contributed by atoms with Crippen molar-refractivity contribution in [2.24, 2.45) is 17.6 Å². The minimum absolute atomic E-state index is 0.388. The van der Waals surface area contributed by atoms with Crippen molar-refractivity contribution in [2.45, 2.75) is 39.2 Å². The van der Waals surface area contributed by atoms with Crippen molar-refractivity contribution in [3.8, 4) is 0 Å². The highest BCUT2D eigenvalue weighted by molar-refractivity contribution is 5.99. The first-order valence-corrected chi connectivity index (χ1v) is 6.91. The van der Waals surface area contributed by atoms with Gasteiger partial charge in [0.05, 0.1) is 5.56 Å². The smallest absolute Gasteiger partial charge is 0.250 e. The van der Waals surface area contributed by atoms with Crippen molar-refractivity contribution in [3.63, 3.8) is 0 Å². The minimum atomic E-state index is -0.417. The number of anilines is 2. The summed E-state index contributed by atoms with van der Waals surface area (Å²) in [6.45, 7) is 4.55. The summed E-state index contributed by atoms with van der Waals surface area (Å²) in [5.74, 6) is 0.998. The summed E-state index contributed by atoms with van der Waals surface area (Å²) >= 11 is 0. The van der Waals surface area contributed by atoms with E-state index in [-0.39, 0.29) is 0 Å². The number of nitrogens with one attached hydrogen (secondary N) is 1. The number of carbonyl (C=O) groups is 1. The molecule has 2 rings (SSSR count). The number of amides is 1. The largest absolute Gasteiger partial charge is 0.399 e. The average Bonchev–Trinajstić information content (AvgIpc) is 2.26. The quantitative estimate of drug-likeness (QED) is 0.731. The second-order valence-corrected chi connectivity index (χ2v) is 5.93. The van der Waals surface area contributed by atoms with Crippen molar-refractivity contribution < 1.29 is 4.79 Å². The zero-order valence-electron chi connectivity index (χ0n) is 11.6. The van der Waals surface area contributed by atoms with E-state index in [1.807, 2.05) is 0 Å². The van der Waals surface area contributed by atoms with Crippen LogP contribution in [0.2, 0.25) is 0 Å². The van der Waals surface area contributed by atoms with Gasteiger partial charge < -0.3 is 16.8 Å². The minimum Gasteiger partial charge on any atom is -0.399 e. The van der Waals surface area contributed by atoms with Gasteiger partial charge in [0.2, 0.25) is 0 Å². The molecule has 4 nitrogen and oxygen atoms in total. The highest BCUT2D eigenvalue weighted by Gasteiger charge is 2.24. The van der Waals surface area contributed by atoms with Gasteiger partial charge in [-0.1, -0.05) is 13.8 Å². The van der Waals surface area contributed by atoms with E-state index in [4.69, 9.17) is 11.5 Å². The molecule has 1 aromatic carbocycles. The molecule has 2 unspecified atom stereocenters. The van der Waals surface area contributed by atoms with E-state index in [1.54, 1.807) is 18.2 Å². The Morgan fingerprint density at radius 2 is 1.84 bits per heavy atom. The fourth-order valence-electron chi connectivity index (χ4n) is 3.18. The van der Waals surface area contributed by atoms with Gasteiger partial charge in [0, 0.05) is 17.4 Å². The van der Waals surface area contributed by atoms with Gasteiger partial charge in [-0.25, -0.2) is 0 Å². The van der Waals surface area contributed by atoms with Crippen LogP contribution in [-0.2, 0) is 0 Å². The van der Waals surface area contributed by atoms with E-state index in [2.05, 4.69) is 19.2 Å². The molecule has 0 aliphatic heterocycles. The molecule has 1 aromatic rings. The number of rotatable bonds is 3. The van der Waals surface area contributed by atoms with E-state index in [0.29, 0.717) is 29.1 Å². The lowest BCUT2D eigenvalue weighted by atomic mass is 9.80. The van der Waals surface area contributed by atoms with Crippen LogP contribution >= 0.6 is 0 Å². The Bertz CT molecular complexity index is 462. The number of nitrogens with two attached hydrogens (primary N) is 2. The van der Waals surface area contributed by atoms with E-state index in [9.17, 15) is 4.79 Å². The van der Waals surface area contributed by atoms with Crippen LogP contribution in [0, 0.1) is 11.8 Å². The normalized spacial score (nSPS) is 26.9. The van der Waals surface area contributed by atoms with Crippen LogP contribution in [0.15, 0.2) is 18.2 Å². The molecule has 0 spiro atoms. The monoisotopic (exact) mass is 261 g/mol. The average molecular weight is 261 g/mol. The molecule has 1 saturated carbocycles. The lowest BCUT2D eigenvalue weighted by Crippen LogP contribution is -2.31. The second-order valence-electron chi connectivity index (χ2n) is 5.93. The fraction of sp³-hybridized carbons (Fsp3) is 0.533. The number of hydrogen-bond acceptors (Lipinski definition) is 3. The maximum atomic E-state index is 11.4. The zero-order chi connectivity index (χ0) is 14.0. The van der Waals surface area contributed by atoms with E-state index >= 15 is 0 Å². The summed E-state index contributed by atoms with van der Waals surface area (Å²) in [6.07, 6.45) is 3.52. The standard InChI is InChI=1S/C15H23N3O/c1-9-5-10(2)7-12(6-9)18-14-8-11(16)3-4-13(14)15(17)19/h3-4,8-10,12,18H,5-7,16H2,1-2H3,(H2,17,19). The SMILES string of the molecule is CC1CC(C)CC(Nc2cc(N)ccc2C(N)=O)C1. The van der Waals surface area contributed by atoms with Gasteiger partial charge in [0.15, 0.2) is 0 Å². The van der Waals surface area contributed by atoms with Gasteiger partial charge in [0.25, 0.3) is 5.91 Å². The van der Waals surface area contributed by atoms with Gasteiger partial charge in [-0.3, -0.25) is 4.79 Å². The first kappa shape index (κ1) is 13.7. The molecule has 0 radical (unpaired) electrons. The number of nitrogen functional groups attached to an aromatic ring is 1. The number of carbonyl (C=O) groups excluding carboxylic acids is 1. The highest BCUT2D eigenvalue weighted by atomic mass is 16.1. The Morgan fingerprint density at radius 1 is 1.21 bits per heavy atom. The molecule has 0 saturated heterocycles. The van der Waals surface area contributed by atoms with Crippen LogP contribution in [-0.4, -0.2) is 11.9 Å². The lowest BCUT2D eigenvalue weighted by Gasteiger charge is -2.33. The van der Waals surface area contributed by atoms with E-state index in [1.165, 1.54) is 6.42 Å². The zero-order valence-corrected chi connectivity index (χ0v) is 11.6. The maximum Gasteiger partial charge on any atom is 0.250 e. The summed E-state index contributed by atoms with van der Waals surface area (Å²) in [7, 11) is 0.